The second-order valence-corrected chi connectivity index (χ2v) is 7.18. The number of anilines is 1. The molecule has 7 heteroatoms. The van der Waals surface area contributed by atoms with Crippen LogP contribution in [0.1, 0.15) is 49.4 Å². The van der Waals surface area contributed by atoms with Crippen LogP contribution in [0.2, 0.25) is 0 Å². The summed E-state index contributed by atoms with van der Waals surface area (Å²) in [5.74, 6) is -1.62. The highest BCUT2D eigenvalue weighted by Crippen LogP contribution is 2.29. The van der Waals surface area contributed by atoms with Crippen LogP contribution in [-0.2, 0) is 19.1 Å². The highest BCUT2D eigenvalue weighted by atomic mass is 16.5. The Labute approximate surface area is 158 Å². The molecule has 7 nitrogen and oxygen atoms in total. The van der Waals surface area contributed by atoms with Gasteiger partial charge in [0.1, 0.15) is 0 Å². The molecule has 1 saturated carbocycles. The number of rotatable bonds is 6. The molecule has 0 bridgehead atoms. The highest BCUT2D eigenvalue weighted by molar-refractivity contribution is 5.97. The molecule has 0 aromatic heterocycles. The Hall–Kier alpha value is -2.70. The first-order chi connectivity index (χ1) is 12.9. The number of hydrogen-bond donors (Lipinski definition) is 1. The predicted molar refractivity (Wildman–Crippen MR) is 98.1 cm³/mol. The van der Waals surface area contributed by atoms with Gasteiger partial charge >= 0.3 is 5.97 Å². The number of carbonyl (C=O) groups excluding carboxylic acids is 4. The Bertz CT molecular complexity index is 754. The molecule has 1 N–H and O–H groups in total. The Balaban J connectivity index is 1.47. The lowest BCUT2D eigenvalue weighted by molar-refractivity contribution is -0.151. The number of ketones is 1. The monoisotopic (exact) mass is 372 g/mol. The molecule has 1 aromatic carbocycles. The Morgan fingerprint density at radius 3 is 2.67 bits per heavy atom. The summed E-state index contributed by atoms with van der Waals surface area (Å²) in [7, 11) is 0. The fourth-order valence-electron chi connectivity index (χ4n) is 3.73. The number of esters is 1. The van der Waals surface area contributed by atoms with Gasteiger partial charge in [0.25, 0.3) is 5.91 Å². The number of benzene rings is 1. The van der Waals surface area contributed by atoms with Gasteiger partial charge in [-0.2, -0.15) is 0 Å². The topological polar surface area (TPSA) is 92.8 Å². The second kappa shape index (κ2) is 8.33. The molecular formula is C20H24N2O5. The van der Waals surface area contributed by atoms with E-state index < -0.39 is 24.4 Å². The summed E-state index contributed by atoms with van der Waals surface area (Å²) in [6.45, 7) is 1.41. The molecule has 2 amide bonds. The first-order valence-corrected chi connectivity index (χ1v) is 9.31. The Morgan fingerprint density at radius 2 is 1.96 bits per heavy atom. The highest BCUT2D eigenvalue weighted by Gasteiger charge is 2.39. The van der Waals surface area contributed by atoms with Gasteiger partial charge < -0.3 is 15.0 Å². The van der Waals surface area contributed by atoms with Gasteiger partial charge in [0.05, 0.1) is 5.92 Å². The van der Waals surface area contributed by atoms with E-state index in [-0.39, 0.29) is 24.2 Å². The molecule has 1 aliphatic heterocycles. The van der Waals surface area contributed by atoms with Gasteiger partial charge in [-0.1, -0.05) is 25.0 Å². The van der Waals surface area contributed by atoms with E-state index in [4.69, 9.17) is 4.74 Å². The number of nitrogens with one attached hydrogen (secondary N) is 1. The van der Waals surface area contributed by atoms with Gasteiger partial charge in [-0.15, -0.1) is 0 Å². The van der Waals surface area contributed by atoms with Crippen molar-refractivity contribution >= 4 is 29.3 Å². The van der Waals surface area contributed by atoms with E-state index >= 15 is 0 Å². The van der Waals surface area contributed by atoms with Crippen LogP contribution in [0.5, 0.6) is 0 Å². The van der Waals surface area contributed by atoms with Crippen molar-refractivity contribution in [2.45, 2.75) is 45.1 Å². The van der Waals surface area contributed by atoms with E-state index in [9.17, 15) is 19.2 Å². The summed E-state index contributed by atoms with van der Waals surface area (Å²) < 4.78 is 5.10. The molecule has 1 saturated heterocycles. The zero-order valence-corrected chi connectivity index (χ0v) is 15.4. The number of amides is 2. The fraction of sp³-hybridized carbons (Fsp3) is 0.500. The third-order valence-electron chi connectivity index (χ3n) is 5.16. The minimum Gasteiger partial charge on any atom is -0.455 e. The van der Waals surface area contributed by atoms with Crippen LogP contribution in [0.3, 0.4) is 0 Å². The van der Waals surface area contributed by atoms with Crippen molar-refractivity contribution in [2.24, 2.45) is 5.92 Å². The number of Topliss-reactive ketones (excluding diaryl/α,β-unsaturated/α-hetero) is 1. The number of likely N-dealkylation sites (tertiary alicyclic amines) is 1. The standard InChI is InChI=1S/C20H24N2O5/c1-13(23)14-5-4-6-16(9-14)21-18(24)12-27-20(26)15-10-19(25)22(11-15)17-7-2-3-8-17/h4-6,9,15,17H,2-3,7-8,10-12H2,1H3,(H,21,24)/t15-/m1/s1. The van der Waals surface area contributed by atoms with E-state index in [0.29, 0.717) is 17.8 Å². The molecule has 0 unspecified atom stereocenters. The summed E-state index contributed by atoms with van der Waals surface area (Å²) >= 11 is 0. The maximum atomic E-state index is 12.2. The molecule has 0 radical (unpaired) electrons. The predicted octanol–water partition coefficient (Wildman–Crippen LogP) is 2.16. The third-order valence-corrected chi connectivity index (χ3v) is 5.16. The van der Waals surface area contributed by atoms with Crippen LogP contribution in [0, 0.1) is 5.92 Å². The zero-order valence-electron chi connectivity index (χ0n) is 15.4. The quantitative estimate of drug-likeness (QED) is 0.610. The molecule has 1 heterocycles. The molecule has 27 heavy (non-hydrogen) atoms. The smallest absolute Gasteiger partial charge is 0.311 e. The zero-order chi connectivity index (χ0) is 19.4. The van der Waals surface area contributed by atoms with Gasteiger partial charge in [-0.05, 0) is 31.9 Å². The third kappa shape index (κ3) is 4.72. The van der Waals surface area contributed by atoms with Gasteiger partial charge in [-0.25, -0.2) is 0 Å². The minimum absolute atomic E-state index is 0.00523. The van der Waals surface area contributed by atoms with Crippen LogP contribution < -0.4 is 5.32 Å². The summed E-state index contributed by atoms with van der Waals surface area (Å²) in [6.07, 6.45) is 4.38. The number of carbonyl (C=O) groups is 4. The van der Waals surface area contributed by atoms with Crippen molar-refractivity contribution in [1.29, 1.82) is 0 Å². The van der Waals surface area contributed by atoms with E-state index in [0.717, 1.165) is 25.7 Å². The lowest BCUT2D eigenvalue weighted by atomic mass is 10.1. The normalized spacial score (nSPS) is 20.0. The van der Waals surface area contributed by atoms with Gasteiger partial charge in [-0.3, -0.25) is 19.2 Å². The Morgan fingerprint density at radius 1 is 1.22 bits per heavy atom. The van der Waals surface area contributed by atoms with E-state index in [1.165, 1.54) is 6.92 Å². The van der Waals surface area contributed by atoms with Crippen LogP contribution in [0.25, 0.3) is 0 Å². The largest absolute Gasteiger partial charge is 0.455 e. The first-order valence-electron chi connectivity index (χ1n) is 9.31. The van der Waals surface area contributed by atoms with Crippen LogP contribution in [0.4, 0.5) is 5.69 Å². The summed E-state index contributed by atoms with van der Waals surface area (Å²) in [4.78, 5) is 49.6. The first kappa shape index (κ1) is 19.1. The average molecular weight is 372 g/mol. The van der Waals surface area contributed by atoms with Crippen molar-refractivity contribution in [3.05, 3.63) is 29.8 Å². The average Bonchev–Trinajstić information content (AvgIpc) is 3.29. The summed E-state index contributed by atoms with van der Waals surface area (Å²) in [5, 5.41) is 2.60. The lowest BCUT2D eigenvalue weighted by Gasteiger charge is -2.23. The minimum atomic E-state index is -0.517. The van der Waals surface area contributed by atoms with Crippen molar-refractivity contribution < 1.29 is 23.9 Å². The molecule has 2 fully saturated rings. The second-order valence-electron chi connectivity index (χ2n) is 7.18. The molecule has 1 aliphatic carbocycles. The lowest BCUT2D eigenvalue weighted by Crippen LogP contribution is -2.35. The number of ether oxygens (including phenoxy) is 1. The van der Waals surface area contributed by atoms with Crippen LogP contribution in [0.15, 0.2) is 24.3 Å². The SMILES string of the molecule is CC(=O)c1cccc(NC(=O)COC(=O)[C@@H]2CC(=O)N(C3CCCC3)C2)c1. The molecule has 1 atom stereocenters. The van der Waals surface area contributed by atoms with E-state index in [2.05, 4.69) is 5.32 Å². The maximum Gasteiger partial charge on any atom is 0.311 e. The van der Waals surface area contributed by atoms with Crippen LogP contribution in [-0.4, -0.2) is 47.7 Å². The Kier molecular flexibility index (Phi) is 5.88. The summed E-state index contributed by atoms with van der Waals surface area (Å²) in [5.41, 5.74) is 0.952. The number of nitrogens with zero attached hydrogens (tertiary/aromatic N) is 1. The molecular weight excluding hydrogens is 348 g/mol. The van der Waals surface area contributed by atoms with Gasteiger partial charge in [0.2, 0.25) is 5.91 Å². The van der Waals surface area contributed by atoms with Crippen molar-refractivity contribution in [1.82, 2.24) is 4.90 Å². The van der Waals surface area contributed by atoms with E-state index in [1.807, 2.05) is 0 Å². The summed E-state index contributed by atoms with van der Waals surface area (Å²) in [6, 6.07) is 6.79. The van der Waals surface area contributed by atoms with Crippen molar-refractivity contribution in [3.8, 4) is 0 Å². The molecule has 2 aliphatic rings. The van der Waals surface area contributed by atoms with Crippen molar-refractivity contribution in [2.75, 3.05) is 18.5 Å². The van der Waals surface area contributed by atoms with Crippen molar-refractivity contribution in [3.63, 3.8) is 0 Å². The fourth-order valence-corrected chi connectivity index (χ4v) is 3.73. The molecule has 1 aromatic rings. The molecule has 3 rings (SSSR count). The molecule has 0 spiro atoms. The molecule has 144 valence electrons. The van der Waals surface area contributed by atoms with Gasteiger partial charge in [0, 0.05) is 30.3 Å². The van der Waals surface area contributed by atoms with E-state index in [1.54, 1.807) is 29.2 Å². The number of hydrogen-bond acceptors (Lipinski definition) is 5. The maximum absolute atomic E-state index is 12.2. The van der Waals surface area contributed by atoms with Crippen LogP contribution >= 0.6 is 0 Å². The van der Waals surface area contributed by atoms with Gasteiger partial charge in [0.15, 0.2) is 12.4 Å².